The quantitative estimate of drug-likeness (QED) is 0.468. The van der Waals surface area contributed by atoms with Crippen molar-refractivity contribution in [3.8, 4) is 5.75 Å². The Morgan fingerprint density at radius 3 is 2.43 bits per heavy atom. The average Bonchev–Trinajstić information content (AvgIpc) is 2.60. The zero-order valence-electron chi connectivity index (χ0n) is 14.8. The fraction of sp³-hybridized carbons (Fsp3) is 0.211. The van der Waals surface area contributed by atoms with Gasteiger partial charge in [-0.05, 0) is 42.7 Å². The smallest absolute Gasteiger partial charge is 0.417 e. The summed E-state index contributed by atoms with van der Waals surface area (Å²) in [4.78, 5) is 10.6. The summed E-state index contributed by atoms with van der Waals surface area (Å²) in [5, 5.41) is 0.580. The van der Waals surface area contributed by atoms with Gasteiger partial charge in [0.05, 0.1) is 5.56 Å². The van der Waals surface area contributed by atoms with Crippen molar-refractivity contribution in [1.29, 1.82) is 0 Å². The molecule has 0 atom stereocenters. The molecule has 0 unspecified atom stereocenters. The first-order valence-electron chi connectivity index (χ1n) is 8.21. The number of hydrogen-bond acceptors (Lipinski definition) is 5. The Morgan fingerprint density at radius 1 is 1.11 bits per heavy atom. The first-order valence-corrected chi connectivity index (χ1v) is 9.62. The van der Waals surface area contributed by atoms with Gasteiger partial charge in [0.2, 0.25) is 0 Å². The summed E-state index contributed by atoms with van der Waals surface area (Å²) >= 11 is 0. The normalized spacial score (nSPS) is 12.3. The number of aryl methyl sites for hydroxylation is 2. The van der Waals surface area contributed by atoms with Crippen molar-refractivity contribution in [2.24, 2.45) is 0 Å². The van der Waals surface area contributed by atoms with E-state index >= 15 is 0 Å². The van der Waals surface area contributed by atoms with E-state index in [2.05, 4.69) is 0 Å². The van der Waals surface area contributed by atoms with Crippen LogP contribution in [0.2, 0.25) is 0 Å². The standard InChI is InChI=1S/C19H15F3O5S/c1-3-12-9-13-11(2)8-18(23)26-16(13)10-15(12)27-28(24,25)17-7-5-4-6-14(17)19(20,21)22/h4-10H,3H2,1-2H3. The van der Waals surface area contributed by atoms with E-state index in [1.54, 1.807) is 19.9 Å². The van der Waals surface area contributed by atoms with E-state index in [0.29, 0.717) is 29.0 Å². The molecule has 2 aromatic carbocycles. The van der Waals surface area contributed by atoms with E-state index < -0.39 is 32.4 Å². The van der Waals surface area contributed by atoms with Crippen LogP contribution in [0.5, 0.6) is 5.75 Å². The maximum atomic E-state index is 13.2. The molecule has 148 valence electrons. The first-order chi connectivity index (χ1) is 13.0. The highest BCUT2D eigenvalue weighted by Crippen LogP contribution is 2.36. The highest BCUT2D eigenvalue weighted by molar-refractivity contribution is 7.87. The SMILES string of the molecule is CCc1cc2c(C)cc(=O)oc2cc1OS(=O)(=O)c1ccccc1C(F)(F)F. The number of rotatable bonds is 4. The molecule has 0 saturated carbocycles. The van der Waals surface area contributed by atoms with Gasteiger partial charge in [-0.15, -0.1) is 0 Å². The molecule has 0 radical (unpaired) electrons. The predicted molar refractivity (Wildman–Crippen MR) is 95.9 cm³/mol. The Hall–Kier alpha value is -2.81. The molecular formula is C19H15F3O5S. The number of halogens is 3. The Balaban J connectivity index is 2.16. The lowest BCUT2D eigenvalue weighted by Crippen LogP contribution is -2.17. The van der Waals surface area contributed by atoms with Crippen LogP contribution in [0, 0.1) is 6.92 Å². The summed E-state index contributed by atoms with van der Waals surface area (Å²) in [7, 11) is -4.79. The predicted octanol–water partition coefficient (Wildman–Crippen LogP) is 4.45. The molecule has 0 aliphatic rings. The van der Waals surface area contributed by atoms with Crippen molar-refractivity contribution in [3.05, 3.63) is 69.6 Å². The molecule has 0 fully saturated rings. The zero-order chi connectivity index (χ0) is 20.7. The van der Waals surface area contributed by atoms with Crippen molar-refractivity contribution in [1.82, 2.24) is 0 Å². The summed E-state index contributed by atoms with van der Waals surface area (Å²) < 4.78 is 74.9. The molecule has 0 spiro atoms. The van der Waals surface area contributed by atoms with Crippen LogP contribution in [0.1, 0.15) is 23.6 Å². The van der Waals surface area contributed by atoms with Crippen LogP contribution in [-0.4, -0.2) is 8.42 Å². The third-order valence-electron chi connectivity index (χ3n) is 4.17. The fourth-order valence-corrected chi connectivity index (χ4v) is 4.01. The van der Waals surface area contributed by atoms with Crippen molar-refractivity contribution in [2.45, 2.75) is 31.3 Å². The minimum Gasteiger partial charge on any atom is -0.423 e. The molecule has 1 heterocycles. The van der Waals surface area contributed by atoms with E-state index in [9.17, 15) is 26.4 Å². The van der Waals surface area contributed by atoms with E-state index in [0.717, 1.165) is 12.1 Å². The zero-order valence-corrected chi connectivity index (χ0v) is 15.6. The number of fused-ring (bicyclic) bond motifs is 1. The highest BCUT2D eigenvalue weighted by atomic mass is 32.2. The summed E-state index contributed by atoms with van der Waals surface area (Å²) in [6.45, 7) is 3.42. The molecule has 9 heteroatoms. The molecule has 0 aliphatic heterocycles. The van der Waals surface area contributed by atoms with Gasteiger partial charge in [-0.1, -0.05) is 19.1 Å². The van der Waals surface area contributed by atoms with Gasteiger partial charge < -0.3 is 8.60 Å². The summed E-state index contributed by atoms with van der Waals surface area (Å²) in [5.74, 6) is -0.194. The maximum Gasteiger partial charge on any atom is 0.417 e. The Kier molecular flexibility index (Phi) is 4.97. The second-order valence-corrected chi connectivity index (χ2v) is 7.60. The number of benzene rings is 2. The van der Waals surface area contributed by atoms with Gasteiger partial charge in [-0.25, -0.2) is 4.79 Å². The minimum absolute atomic E-state index is 0.0801. The molecule has 3 rings (SSSR count). The topological polar surface area (TPSA) is 73.6 Å². The van der Waals surface area contributed by atoms with Crippen LogP contribution in [0.4, 0.5) is 13.2 Å². The monoisotopic (exact) mass is 412 g/mol. The van der Waals surface area contributed by atoms with Crippen molar-refractivity contribution >= 4 is 21.1 Å². The second kappa shape index (κ2) is 6.97. The molecule has 0 bridgehead atoms. The van der Waals surface area contributed by atoms with Gasteiger partial charge in [0, 0.05) is 17.5 Å². The first kappa shape index (κ1) is 19.9. The van der Waals surface area contributed by atoms with Gasteiger partial charge in [0.25, 0.3) is 0 Å². The molecular weight excluding hydrogens is 397 g/mol. The third kappa shape index (κ3) is 3.75. The Bertz CT molecular complexity index is 1210. The number of hydrogen-bond donors (Lipinski definition) is 0. The lowest BCUT2D eigenvalue weighted by Gasteiger charge is -2.15. The van der Waals surface area contributed by atoms with Gasteiger partial charge in [-0.2, -0.15) is 21.6 Å². The van der Waals surface area contributed by atoms with Crippen LogP contribution < -0.4 is 9.81 Å². The Morgan fingerprint density at radius 2 is 1.79 bits per heavy atom. The Labute approximate surface area is 158 Å². The van der Waals surface area contributed by atoms with Crippen molar-refractivity contribution < 1.29 is 30.2 Å². The largest absolute Gasteiger partial charge is 0.423 e. The molecule has 5 nitrogen and oxygen atoms in total. The van der Waals surface area contributed by atoms with Gasteiger partial charge in [-0.3, -0.25) is 0 Å². The van der Waals surface area contributed by atoms with Gasteiger partial charge in [0.1, 0.15) is 16.2 Å². The maximum absolute atomic E-state index is 13.2. The molecule has 0 saturated heterocycles. The minimum atomic E-state index is -4.87. The van der Waals surface area contributed by atoms with Crippen LogP contribution in [0.3, 0.4) is 0 Å². The molecule has 3 aromatic rings. The fourth-order valence-electron chi connectivity index (χ4n) is 2.83. The van der Waals surface area contributed by atoms with E-state index in [1.807, 2.05) is 0 Å². The van der Waals surface area contributed by atoms with Crippen LogP contribution in [0.15, 0.2) is 56.6 Å². The van der Waals surface area contributed by atoms with E-state index in [-0.39, 0.29) is 11.3 Å². The van der Waals surface area contributed by atoms with Crippen molar-refractivity contribution in [2.75, 3.05) is 0 Å². The average molecular weight is 412 g/mol. The summed E-state index contributed by atoms with van der Waals surface area (Å²) in [6, 6.07) is 7.85. The molecule has 0 aliphatic carbocycles. The van der Waals surface area contributed by atoms with Gasteiger partial charge in [0.15, 0.2) is 0 Å². The van der Waals surface area contributed by atoms with Crippen LogP contribution >= 0.6 is 0 Å². The number of alkyl halides is 3. The third-order valence-corrected chi connectivity index (χ3v) is 5.47. The van der Waals surface area contributed by atoms with Gasteiger partial charge >= 0.3 is 21.9 Å². The molecule has 28 heavy (non-hydrogen) atoms. The van der Waals surface area contributed by atoms with E-state index in [4.69, 9.17) is 8.60 Å². The lowest BCUT2D eigenvalue weighted by molar-refractivity contribution is -0.139. The van der Waals surface area contributed by atoms with Crippen LogP contribution in [-0.2, 0) is 22.7 Å². The summed E-state index contributed by atoms with van der Waals surface area (Å²) in [5.41, 5.74) is -0.812. The second-order valence-electron chi connectivity index (χ2n) is 6.09. The van der Waals surface area contributed by atoms with E-state index in [1.165, 1.54) is 18.2 Å². The molecule has 0 amide bonds. The molecule has 0 N–H and O–H groups in total. The summed E-state index contributed by atoms with van der Waals surface area (Å²) in [6.07, 6.45) is -4.52. The van der Waals surface area contributed by atoms with Crippen LogP contribution in [0.25, 0.3) is 11.0 Å². The van der Waals surface area contributed by atoms with Crippen molar-refractivity contribution in [3.63, 3.8) is 0 Å². The molecule has 1 aromatic heterocycles. The lowest BCUT2D eigenvalue weighted by atomic mass is 10.1. The highest BCUT2D eigenvalue weighted by Gasteiger charge is 2.37.